The first-order valence-electron chi connectivity index (χ1n) is 16.0. The minimum atomic E-state index is -4.63. The first-order chi connectivity index (χ1) is 26.3. The number of nitriles is 1. The van der Waals surface area contributed by atoms with Gasteiger partial charge in [-0.15, -0.1) is 0 Å². The maximum atomic E-state index is 13.0. The normalized spacial score (nSPS) is 11.8. The molecular formula is C40H28Cl2F6N4O4. The Morgan fingerprint density at radius 3 is 1.68 bits per heavy atom. The lowest BCUT2D eigenvalue weighted by Gasteiger charge is -2.12. The van der Waals surface area contributed by atoms with Crippen LogP contribution in [-0.4, -0.2) is 21.9 Å². The molecular weight excluding hydrogens is 785 g/mol. The summed E-state index contributed by atoms with van der Waals surface area (Å²) in [4.78, 5) is 28.4. The number of aromatic nitrogens is 1. The summed E-state index contributed by atoms with van der Waals surface area (Å²) in [7, 11) is 0. The van der Waals surface area contributed by atoms with E-state index in [9.17, 15) is 41.0 Å². The molecule has 5 rings (SSSR count). The zero-order valence-corrected chi connectivity index (χ0v) is 30.6. The van der Waals surface area contributed by atoms with Gasteiger partial charge in [0.25, 0.3) is 11.8 Å². The number of anilines is 2. The van der Waals surface area contributed by atoms with Crippen LogP contribution in [0.1, 0.15) is 41.8 Å². The van der Waals surface area contributed by atoms with E-state index in [0.29, 0.717) is 22.6 Å². The largest absolute Gasteiger partial charge is 0.508 e. The predicted octanol–water partition coefficient (Wildman–Crippen LogP) is 11.6. The molecule has 8 nitrogen and oxygen atoms in total. The molecule has 0 unspecified atom stereocenters. The predicted molar refractivity (Wildman–Crippen MR) is 201 cm³/mol. The van der Waals surface area contributed by atoms with Gasteiger partial charge in [-0.25, -0.2) is 4.98 Å². The van der Waals surface area contributed by atoms with Crippen LogP contribution in [0.4, 0.5) is 37.7 Å². The number of pyridine rings is 1. The molecule has 0 atom stereocenters. The minimum absolute atomic E-state index is 0.0135. The highest BCUT2D eigenvalue weighted by Crippen LogP contribution is 2.37. The van der Waals surface area contributed by atoms with Crippen LogP contribution < -0.4 is 15.4 Å². The van der Waals surface area contributed by atoms with Crippen molar-refractivity contribution < 1.29 is 45.8 Å². The number of carbonyl (C=O) groups is 2. The summed E-state index contributed by atoms with van der Waals surface area (Å²) in [5, 5.41) is 22.2. The third kappa shape index (κ3) is 12.4. The molecule has 0 saturated heterocycles. The fourth-order valence-corrected chi connectivity index (χ4v) is 5.13. The molecule has 1 aromatic heterocycles. The molecule has 0 aliphatic carbocycles. The standard InChI is InChI=1S/C23H15ClF3N3O2.C17H13ClF3NO2/c1-14(22(31)30-16-5-6-21(24)20(12-16)23(25,26)27)9-15-3-2-4-18(10-15)32-19-7-8-29-17(11-19)13-28;1-10(7-11-3-2-4-13(23)8-11)16(24)22-12-5-6-15(18)14(9-12)17(19,20)21/h2-12H,1H3,(H,30,31);2-9,23H,1H3,(H,22,24)/b14-9+;10-7+. The van der Waals surface area contributed by atoms with Gasteiger partial charge in [0.2, 0.25) is 0 Å². The molecule has 0 saturated carbocycles. The van der Waals surface area contributed by atoms with E-state index in [0.717, 1.165) is 24.3 Å². The molecule has 0 bridgehead atoms. The van der Waals surface area contributed by atoms with Gasteiger partial charge in [-0.2, -0.15) is 31.6 Å². The number of nitrogens with one attached hydrogen (secondary N) is 2. The molecule has 0 aliphatic rings. The third-order valence-electron chi connectivity index (χ3n) is 7.35. The summed E-state index contributed by atoms with van der Waals surface area (Å²) in [5.41, 5.74) is -0.113. The Kier molecular flexibility index (Phi) is 13.9. The fraction of sp³-hybridized carbons (Fsp3) is 0.100. The number of rotatable bonds is 8. The zero-order valence-electron chi connectivity index (χ0n) is 29.1. The highest BCUT2D eigenvalue weighted by molar-refractivity contribution is 6.32. The summed E-state index contributed by atoms with van der Waals surface area (Å²) in [6, 6.07) is 24.4. The number of nitrogens with zero attached hydrogens (tertiary/aromatic N) is 2. The Labute approximate surface area is 326 Å². The smallest absolute Gasteiger partial charge is 0.417 e. The van der Waals surface area contributed by atoms with Gasteiger partial charge in [-0.05, 0) is 104 Å². The van der Waals surface area contributed by atoms with Crippen LogP contribution in [0.5, 0.6) is 17.2 Å². The average Bonchev–Trinajstić information content (AvgIpc) is 3.12. The maximum absolute atomic E-state index is 13.0. The lowest BCUT2D eigenvalue weighted by atomic mass is 10.1. The van der Waals surface area contributed by atoms with Gasteiger partial charge < -0.3 is 20.5 Å². The Morgan fingerprint density at radius 2 is 1.20 bits per heavy atom. The van der Waals surface area contributed by atoms with Crippen molar-refractivity contribution in [3.8, 4) is 23.3 Å². The second kappa shape index (κ2) is 18.4. The van der Waals surface area contributed by atoms with Crippen LogP contribution >= 0.6 is 23.2 Å². The number of ether oxygens (including phenoxy) is 1. The van der Waals surface area contributed by atoms with E-state index in [1.807, 2.05) is 6.07 Å². The zero-order chi connectivity index (χ0) is 41.2. The number of benzene rings is 4. The molecule has 2 amide bonds. The van der Waals surface area contributed by atoms with Crippen molar-refractivity contribution in [3.63, 3.8) is 0 Å². The van der Waals surface area contributed by atoms with Gasteiger partial charge in [0, 0.05) is 34.8 Å². The molecule has 3 N–H and O–H groups in total. The average molecular weight is 814 g/mol. The van der Waals surface area contributed by atoms with Gasteiger partial charge in [0.05, 0.1) is 21.2 Å². The van der Waals surface area contributed by atoms with Crippen molar-refractivity contribution in [3.05, 3.63) is 152 Å². The van der Waals surface area contributed by atoms with E-state index in [-0.39, 0.29) is 34.0 Å². The molecule has 0 spiro atoms. The Bertz CT molecular complexity index is 2360. The molecule has 0 radical (unpaired) electrons. The van der Waals surface area contributed by atoms with Crippen LogP contribution in [-0.2, 0) is 21.9 Å². The molecule has 4 aromatic carbocycles. The summed E-state index contributed by atoms with van der Waals surface area (Å²) < 4.78 is 83.2. The van der Waals surface area contributed by atoms with Crippen molar-refractivity contribution >= 4 is 58.5 Å². The number of hydrogen-bond donors (Lipinski definition) is 3. The number of phenolic OH excluding ortho intramolecular Hbond substituents is 1. The van der Waals surface area contributed by atoms with Gasteiger partial charge in [-0.1, -0.05) is 47.5 Å². The number of alkyl halides is 6. The SMILES string of the molecule is C/C(=C\c1cccc(O)c1)C(=O)Nc1ccc(Cl)c(C(F)(F)F)c1.C/C(=C\c1cccc(Oc2ccnc(C#N)c2)c1)C(=O)Nc1ccc(Cl)c(C(F)(F)F)c1. The van der Waals surface area contributed by atoms with E-state index in [1.165, 1.54) is 56.5 Å². The number of amides is 2. The van der Waals surface area contributed by atoms with Crippen molar-refractivity contribution in [1.82, 2.24) is 4.98 Å². The molecule has 5 aromatic rings. The second-order valence-corrected chi connectivity index (χ2v) is 12.5. The highest BCUT2D eigenvalue weighted by Gasteiger charge is 2.34. The first-order valence-corrected chi connectivity index (χ1v) is 16.7. The van der Waals surface area contributed by atoms with Crippen molar-refractivity contribution in [2.24, 2.45) is 0 Å². The summed E-state index contributed by atoms with van der Waals surface area (Å²) in [5.74, 6) is -0.192. The molecule has 56 heavy (non-hydrogen) atoms. The van der Waals surface area contributed by atoms with Crippen molar-refractivity contribution in [1.29, 1.82) is 5.26 Å². The molecule has 16 heteroatoms. The summed E-state index contributed by atoms with van der Waals surface area (Å²) in [6.45, 7) is 3.05. The van der Waals surface area contributed by atoms with Crippen molar-refractivity contribution in [2.45, 2.75) is 26.2 Å². The summed E-state index contributed by atoms with van der Waals surface area (Å²) >= 11 is 11.1. The van der Waals surface area contributed by atoms with Gasteiger partial charge in [0.15, 0.2) is 0 Å². The topological polar surface area (TPSA) is 124 Å². The molecule has 0 aliphatic heterocycles. The van der Waals surface area contributed by atoms with E-state index < -0.39 is 45.3 Å². The van der Waals surface area contributed by atoms with Gasteiger partial charge in [-0.3, -0.25) is 9.59 Å². The highest BCUT2D eigenvalue weighted by atomic mass is 35.5. The quantitative estimate of drug-likeness (QED) is 0.106. The van der Waals surface area contributed by atoms with Crippen LogP contribution in [0, 0.1) is 11.3 Å². The Balaban J connectivity index is 0.000000259. The molecule has 1 heterocycles. The number of aromatic hydroxyl groups is 1. The van der Waals surface area contributed by atoms with E-state index in [1.54, 1.807) is 48.5 Å². The number of hydrogen-bond acceptors (Lipinski definition) is 6. The van der Waals surface area contributed by atoms with Crippen LogP contribution in [0.2, 0.25) is 10.0 Å². The fourth-order valence-electron chi connectivity index (χ4n) is 4.69. The lowest BCUT2D eigenvalue weighted by Crippen LogP contribution is -2.14. The second-order valence-electron chi connectivity index (χ2n) is 11.7. The third-order valence-corrected chi connectivity index (χ3v) is 8.01. The monoisotopic (exact) mass is 812 g/mol. The van der Waals surface area contributed by atoms with E-state index in [2.05, 4.69) is 15.6 Å². The van der Waals surface area contributed by atoms with Gasteiger partial charge >= 0.3 is 12.4 Å². The van der Waals surface area contributed by atoms with Crippen LogP contribution in [0.25, 0.3) is 12.2 Å². The Morgan fingerprint density at radius 1 is 0.714 bits per heavy atom. The van der Waals surface area contributed by atoms with Gasteiger partial charge in [0.1, 0.15) is 29.0 Å². The maximum Gasteiger partial charge on any atom is 0.417 e. The number of halogens is 8. The van der Waals surface area contributed by atoms with E-state index >= 15 is 0 Å². The Hall–Kier alpha value is -6.30. The number of carbonyl (C=O) groups excluding carboxylic acids is 2. The summed E-state index contributed by atoms with van der Waals surface area (Å²) in [6.07, 6.45) is -4.71. The molecule has 288 valence electrons. The van der Waals surface area contributed by atoms with Crippen LogP contribution in [0.15, 0.2) is 114 Å². The number of phenols is 1. The van der Waals surface area contributed by atoms with E-state index in [4.69, 9.17) is 33.2 Å². The van der Waals surface area contributed by atoms with Crippen LogP contribution in [0.3, 0.4) is 0 Å². The lowest BCUT2D eigenvalue weighted by molar-refractivity contribution is -0.138. The minimum Gasteiger partial charge on any atom is -0.508 e. The molecule has 0 fully saturated rings. The first kappa shape index (κ1) is 42.4. The van der Waals surface area contributed by atoms with Crippen molar-refractivity contribution in [2.75, 3.05) is 10.6 Å².